The minimum absolute atomic E-state index is 0.276. The minimum atomic E-state index is -0.276. The molecule has 6 nitrogen and oxygen atoms in total. The van der Waals surface area contributed by atoms with Crippen molar-refractivity contribution in [3.05, 3.63) is 30.1 Å². The summed E-state index contributed by atoms with van der Waals surface area (Å²) in [6.45, 7) is 2.92. The predicted molar refractivity (Wildman–Crippen MR) is 59.6 cm³/mol. The molecular formula is C10H16N6. The van der Waals surface area contributed by atoms with E-state index in [0.717, 1.165) is 24.5 Å². The van der Waals surface area contributed by atoms with Crippen molar-refractivity contribution in [2.24, 2.45) is 12.8 Å². The van der Waals surface area contributed by atoms with E-state index in [1.807, 2.05) is 22.5 Å². The highest BCUT2D eigenvalue weighted by Crippen LogP contribution is 2.16. The molecule has 6 heteroatoms. The molecule has 0 spiro atoms. The van der Waals surface area contributed by atoms with Gasteiger partial charge in [0.15, 0.2) is 0 Å². The zero-order chi connectivity index (χ0) is 11.5. The first-order valence-corrected chi connectivity index (χ1v) is 5.35. The molecular weight excluding hydrogens is 204 g/mol. The Morgan fingerprint density at radius 2 is 2.31 bits per heavy atom. The Hall–Kier alpha value is -1.69. The van der Waals surface area contributed by atoms with Crippen LogP contribution in [0.25, 0.3) is 0 Å². The number of nitrogens with zero attached hydrogens (tertiary/aromatic N) is 5. The van der Waals surface area contributed by atoms with Crippen LogP contribution in [0.3, 0.4) is 0 Å². The number of hydrogen-bond donors (Lipinski definition) is 1. The van der Waals surface area contributed by atoms with Gasteiger partial charge in [-0.25, -0.2) is 9.67 Å². The lowest BCUT2D eigenvalue weighted by Crippen LogP contribution is -2.20. The predicted octanol–water partition coefficient (Wildman–Crippen LogP) is 0.470. The number of nitrogens with two attached hydrogens (primary N) is 1. The highest BCUT2D eigenvalue weighted by molar-refractivity contribution is 5.14. The Morgan fingerprint density at radius 1 is 1.50 bits per heavy atom. The number of aryl methyl sites for hydroxylation is 2. The van der Waals surface area contributed by atoms with Crippen molar-refractivity contribution >= 4 is 0 Å². The lowest BCUT2D eigenvalue weighted by molar-refractivity contribution is 0.534. The lowest BCUT2D eigenvalue weighted by atomic mass is 10.2. The Labute approximate surface area is 94.1 Å². The molecule has 0 bridgehead atoms. The quantitative estimate of drug-likeness (QED) is 0.812. The third-order valence-corrected chi connectivity index (χ3v) is 2.54. The Balaban J connectivity index is 2.30. The molecule has 1 unspecified atom stereocenters. The molecule has 0 aliphatic heterocycles. The van der Waals surface area contributed by atoms with Crippen LogP contribution in [0.2, 0.25) is 0 Å². The van der Waals surface area contributed by atoms with Gasteiger partial charge in [0, 0.05) is 26.0 Å². The summed E-state index contributed by atoms with van der Waals surface area (Å²) in [6.07, 6.45) is 6.32. The normalized spacial score (nSPS) is 12.9. The minimum Gasteiger partial charge on any atom is -0.336 e. The van der Waals surface area contributed by atoms with E-state index in [2.05, 4.69) is 22.2 Å². The van der Waals surface area contributed by atoms with Gasteiger partial charge in [-0.2, -0.15) is 0 Å². The molecule has 0 fully saturated rings. The standard InChI is InChI=1S/C10H16N6/c1-3-5-16-8(7-13-14-16)9(11)10-12-4-6-15(10)2/h4,6-7,9H,3,5,11H2,1-2H3. The van der Waals surface area contributed by atoms with Crippen molar-refractivity contribution in [2.75, 3.05) is 0 Å². The van der Waals surface area contributed by atoms with Gasteiger partial charge in [0.25, 0.3) is 0 Å². The molecule has 0 aliphatic rings. The van der Waals surface area contributed by atoms with E-state index in [9.17, 15) is 0 Å². The van der Waals surface area contributed by atoms with Crippen molar-refractivity contribution < 1.29 is 0 Å². The topological polar surface area (TPSA) is 74.6 Å². The molecule has 2 heterocycles. The molecule has 0 amide bonds. The number of imidazole rings is 1. The average Bonchev–Trinajstić information content (AvgIpc) is 2.87. The van der Waals surface area contributed by atoms with Gasteiger partial charge in [0.2, 0.25) is 0 Å². The van der Waals surface area contributed by atoms with Crippen molar-refractivity contribution in [2.45, 2.75) is 25.9 Å². The van der Waals surface area contributed by atoms with E-state index in [0.29, 0.717) is 0 Å². The fraction of sp³-hybridized carbons (Fsp3) is 0.500. The molecule has 2 aromatic rings. The van der Waals surface area contributed by atoms with Gasteiger partial charge < -0.3 is 10.3 Å². The van der Waals surface area contributed by atoms with Crippen molar-refractivity contribution in [1.29, 1.82) is 0 Å². The van der Waals surface area contributed by atoms with Crippen molar-refractivity contribution in [3.63, 3.8) is 0 Å². The molecule has 2 rings (SSSR count). The van der Waals surface area contributed by atoms with Crippen LogP contribution >= 0.6 is 0 Å². The number of hydrogen-bond acceptors (Lipinski definition) is 4. The number of aromatic nitrogens is 5. The van der Waals surface area contributed by atoms with E-state index in [4.69, 9.17) is 5.73 Å². The van der Waals surface area contributed by atoms with Gasteiger partial charge in [-0.3, -0.25) is 0 Å². The van der Waals surface area contributed by atoms with Gasteiger partial charge >= 0.3 is 0 Å². The summed E-state index contributed by atoms with van der Waals surface area (Å²) < 4.78 is 3.74. The molecule has 0 aromatic carbocycles. The summed E-state index contributed by atoms with van der Waals surface area (Å²) in [5, 5.41) is 7.91. The van der Waals surface area contributed by atoms with E-state index in [1.165, 1.54) is 0 Å². The van der Waals surface area contributed by atoms with Crippen molar-refractivity contribution in [3.8, 4) is 0 Å². The molecule has 2 aromatic heterocycles. The maximum absolute atomic E-state index is 6.15. The fourth-order valence-electron chi connectivity index (χ4n) is 1.70. The molecule has 0 aliphatic carbocycles. The first-order valence-electron chi connectivity index (χ1n) is 5.35. The molecule has 86 valence electrons. The van der Waals surface area contributed by atoms with Crippen LogP contribution in [0.4, 0.5) is 0 Å². The third kappa shape index (κ3) is 1.83. The zero-order valence-electron chi connectivity index (χ0n) is 9.54. The van der Waals surface area contributed by atoms with E-state index < -0.39 is 0 Å². The summed E-state index contributed by atoms with van der Waals surface area (Å²) in [4.78, 5) is 4.24. The third-order valence-electron chi connectivity index (χ3n) is 2.54. The summed E-state index contributed by atoms with van der Waals surface area (Å²) in [5.74, 6) is 0.819. The summed E-state index contributed by atoms with van der Waals surface area (Å²) in [5.41, 5.74) is 7.05. The second-order valence-corrected chi connectivity index (χ2v) is 3.76. The number of rotatable bonds is 4. The van der Waals surface area contributed by atoms with Crippen LogP contribution < -0.4 is 5.73 Å². The van der Waals surface area contributed by atoms with Gasteiger partial charge in [0.05, 0.1) is 11.9 Å². The first-order chi connectivity index (χ1) is 7.74. The molecule has 2 N–H and O–H groups in total. The summed E-state index contributed by atoms with van der Waals surface area (Å²) in [7, 11) is 1.93. The first kappa shape index (κ1) is 10.8. The van der Waals surface area contributed by atoms with E-state index in [1.54, 1.807) is 12.4 Å². The molecule has 0 saturated heterocycles. The van der Waals surface area contributed by atoms with Crippen LogP contribution in [-0.4, -0.2) is 24.5 Å². The van der Waals surface area contributed by atoms with Crippen LogP contribution in [-0.2, 0) is 13.6 Å². The van der Waals surface area contributed by atoms with Gasteiger partial charge in [-0.05, 0) is 6.42 Å². The summed E-state index contributed by atoms with van der Waals surface area (Å²) >= 11 is 0. The zero-order valence-corrected chi connectivity index (χ0v) is 9.54. The molecule has 1 atom stereocenters. The maximum Gasteiger partial charge on any atom is 0.131 e. The summed E-state index contributed by atoms with van der Waals surface area (Å²) in [6, 6.07) is -0.276. The van der Waals surface area contributed by atoms with Crippen LogP contribution in [0.1, 0.15) is 30.9 Å². The Bertz CT molecular complexity index is 457. The Morgan fingerprint density at radius 3 is 2.94 bits per heavy atom. The van der Waals surface area contributed by atoms with Gasteiger partial charge in [-0.15, -0.1) is 5.10 Å². The van der Waals surface area contributed by atoms with Gasteiger partial charge in [-0.1, -0.05) is 12.1 Å². The smallest absolute Gasteiger partial charge is 0.131 e. The molecule has 0 saturated carbocycles. The highest BCUT2D eigenvalue weighted by Gasteiger charge is 2.17. The second kappa shape index (κ2) is 4.44. The molecule has 16 heavy (non-hydrogen) atoms. The van der Waals surface area contributed by atoms with Gasteiger partial charge in [0.1, 0.15) is 11.9 Å². The van der Waals surface area contributed by atoms with E-state index >= 15 is 0 Å². The fourth-order valence-corrected chi connectivity index (χ4v) is 1.70. The highest BCUT2D eigenvalue weighted by atomic mass is 15.4. The Kier molecular flexibility index (Phi) is 3.00. The monoisotopic (exact) mass is 220 g/mol. The van der Waals surface area contributed by atoms with Crippen molar-refractivity contribution in [1.82, 2.24) is 24.5 Å². The van der Waals surface area contributed by atoms with E-state index in [-0.39, 0.29) is 6.04 Å². The SMILES string of the molecule is CCCn1nncc1C(N)c1nccn1C. The van der Waals surface area contributed by atoms with Crippen LogP contribution in [0, 0.1) is 0 Å². The average molecular weight is 220 g/mol. The molecule has 0 radical (unpaired) electrons. The lowest BCUT2D eigenvalue weighted by Gasteiger charge is -2.12. The van der Waals surface area contributed by atoms with Crippen LogP contribution in [0.15, 0.2) is 18.6 Å². The second-order valence-electron chi connectivity index (χ2n) is 3.76. The maximum atomic E-state index is 6.15. The van der Waals surface area contributed by atoms with Crippen LogP contribution in [0.5, 0.6) is 0 Å². The largest absolute Gasteiger partial charge is 0.336 e.